The number of halogens is 1. The van der Waals surface area contributed by atoms with Crippen LogP contribution in [0.2, 0.25) is 0 Å². The van der Waals surface area contributed by atoms with Gasteiger partial charge in [0, 0.05) is 5.56 Å². The van der Waals surface area contributed by atoms with Gasteiger partial charge in [0.15, 0.2) is 5.78 Å². The Hall–Kier alpha value is -2.36. The smallest absolute Gasteiger partial charge is 0.196 e. The van der Waals surface area contributed by atoms with E-state index in [0.717, 1.165) is 0 Å². The average molecular weight is 274 g/mol. The van der Waals surface area contributed by atoms with E-state index in [1.807, 2.05) is 0 Å². The molecular weight excluding hydrogens is 259 g/mol. The lowest BCUT2D eigenvalue weighted by molar-refractivity contribution is 0.103. The fraction of sp³-hybridized carbons (Fsp3) is 0.188. The summed E-state index contributed by atoms with van der Waals surface area (Å²) in [5.41, 5.74) is 1.23. The molecule has 0 aliphatic carbocycles. The second kappa shape index (κ2) is 5.74. The molecule has 0 amide bonds. The number of ether oxygens (including phenoxy) is 2. The number of rotatable bonds is 4. The number of benzene rings is 2. The molecule has 104 valence electrons. The maximum atomic E-state index is 13.3. The average Bonchev–Trinajstić information content (AvgIpc) is 2.48. The predicted octanol–water partition coefficient (Wildman–Crippen LogP) is 3.38. The highest BCUT2D eigenvalue weighted by Gasteiger charge is 2.16. The van der Waals surface area contributed by atoms with Gasteiger partial charge in [-0.3, -0.25) is 4.79 Å². The van der Waals surface area contributed by atoms with Gasteiger partial charge in [0.2, 0.25) is 0 Å². The molecule has 2 aromatic rings. The Morgan fingerprint density at radius 1 is 1.05 bits per heavy atom. The zero-order valence-electron chi connectivity index (χ0n) is 11.6. The van der Waals surface area contributed by atoms with Crippen LogP contribution in [0.1, 0.15) is 21.5 Å². The lowest BCUT2D eigenvalue weighted by Crippen LogP contribution is -2.05. The maximum absolute atomic E-state index is 13.3. The van der Waals surface area contributed by atoms with Crippen molar-refractivity contribution >= 4 is 5.78 Å². The SMILES string of the molecule is COc1ccc(OC)c(C(=O)c2ccc(F)c(C)c2)c1. The molecule has 0 radical (unpaired) electrons. The molecular formula is C16H15FO3. The molecule has 3 nitrogen and oxygen atoms in total. The number of hydrogen-bond acceptors (Lipinski definition) is 3. The summed E-state index contributed by atoms with van der Waals surface area (Å²) >= 11 is 0. The largest absolute Gasteiger partial charge is 0.497 e. The van der Waals surface area contributed by atoms with Crippen LogP contribution in [0.15, 0.2) is 36.4 Å². The summed E-state index contributed by atoms with van der Waals surface area (Å²) in [6.45, 7) is 1.62. The van der Waals surface area contributed by atoms with Crippen LogP contribution in [0.25, 0.3) is 0 Å². The molecule has 0 unspecified atom stereocenters. The third-order valence-electron chi connectivity index (χ3n) is 3.07. The van der Waals surface area contributed by atoms with Crippen LogP contribution in [0.5, 0.6) is 11.5 Å². The first kappa shape index (κ1) is 14.1. The van der Waals surface area contributed by atoms with Gasteiger partial charge in [-0.15, -0.1) is 0 Å². The molecule has 0 N–H and O–H groups in total. The fourth-order valence-electron chi connectivity index (χ4n) is 1.93. The monoisotopic (exact) mass is 274 g/mol. The zero-order chi connectivity index (χ0) is 14.7. The Morgan fingerprint density at radius 2 is 1.80 bits per heavy atom. The fourth-order valence-corrected chi connectivity index (χ4v) is 1.93. The van der Waals surface area contributed by atoms with Crippen molar-refractivity contribution in [2.75, 3.05) is 14.2 Å². The first-order chi connectivity index (χ1) is 9.56. The summed E-state index contributed by atoms with van der Waals surface area (Å²) in [6, 6.07) is 9.27. The first-order valence-corrected chi connectivity index (χ1v) is 6.09. The van der Waals surface area contributed by atoms with E-state index in [0.29, 0.717) is 28.2 Å². The van der Waals surface area contributed by atoms with Crippen LogP contribution < -0.4 is 9.47 Å². The minimum absolute atomic E-state index is 0.233. The molecule has 0 aliphatic heterocycles. The highest BCUT2D eigenvalue weighted by Crippen LogP contribution is 2.26. The summed E-state index contributed by atoms with van der Waals surface area (Å²) in [4.78, 5) is 12.5. The van der Waals surface area contributed by atoms with Gasteiger partial charge in [-0.05, 0) is 48.9 Å². The van der Waals surface area contributed by atoms with E-state index >= 15 is 0 Å². The molecule has 2 rings (SSSR count). The van der Waals surface area contributed by atoms with Crippen molar-refractivity contribution in [1.29, 1.82) is 0 Å². The molecule has 0 fully saturated rings. The van der Waals surface area contributed by atoms with Crippen LogP contribution in [-0.2, 0) is 0 Å². The molecule has 2 aromatic carbocycles. The number of ketones is 1. The number of aryl methyl sites for hydroxylation is 1. The summed E-state index contributed by atoms with van der Waals surface area (Å²) < 4.78 is 23.6. The predicted molar refractivity (Wildman–Crippen MR) is 74.1 cm³/mol. The van der Waals surface area contributed by atoms with Crippen molar-refractivity contribution in [1.82, 2.24) is 0 Å². The van der Waals surface area contributed by atoms with E-state index in [9.17, 15) is 9.18 Å². The van der Waals surface area contributed by atoms with Crippen molar-refractivity contribution in [3.8, 4) is 11.5 Å². The highest BCUT2D eigenvalue weighted by atomic mass is 19.1. The molecule has 0 aliphatic rings. The minimum Gasteiger partial charge on any atom is -0.497 e. The van der Waals surface area contributed by atoms with Gasteiger partial charge in [-0.2, -0.15) is 0 Å². The normalized spacial score (nSPS) is 10.2. The van der Waals surface area contributed by atoms with E-state index in [2.05, 4.69) is 0 Å². The lowest BCUT2D eigenvalue weighted by atomic mass is 10.0. The van der Waals surface area contributed by atoms with E-state index < -0.39 is 0 Å². The summed E-state index contributed by atoms with van der Waals surface area (Å²) in [7, 11) is 3.02. The van der Waals surface area contributed by atoms with Crippen molar-refractivity contribution < 1.29 is 18.7 Å². The minimum atomic E-state index is -0.334. The van der Waals surface area contributed by atoms with Crippen molar-refractivity contribution in [3.63, 3.8) is 0 Å². The van der Waals surface area contributed by atoms with Crippen LogP contribution in [0.3, 0.4) is 0 Å². The molecule has 0 heterocycles. The van der Waals surface area contributed by atoms with Crippen LogP contribution >= 0.6 is 0 Å². The zero-order valence-corrected chi connectivity index (χ0v) is 11.6. The molecule has 4 heteroatoms. The molecule has 0 saturated heterocycles. The molecule has 0 atom stereocenters. The topological polar surface area (TPSA) is 35.5 Å². The third-order valence-corrected chi connectivity index (χ3v) is 3.07. The van der Waals surface area contributed by atoms with Gasteiger partial charge in [0.25, 0.3) is 0 Å². The van der Waals surface area contributed by atoms with Gasteiger partial charge >= 0.3 is 0 Å². The summed E-state index contributed by atoms with van der Waals surface area (Å²) in [5, 5.41) is 0. The second-order valence-corrected chi connectivity index (χ2v) is 4.36. The van der Waals surface area contributed by atoms with Gasteiger partial charge < -0.3 is 9.47 Å². The quantitative estimate of drug-likeness (QED) is 0.802. The molecule has 0 spiro atoms. The van der Waals surface area contributed by atoms with Gasteiger partial charge in [0.05, 0.1) is 19.8 Å². The Morgan fingerprint density at radius 3 is 2.40 bits per heavy atom. The molecule has 0 bridgehead atoms. The Balaban J connectivity index is 2.48. The van der Waals surface area contributed by atoms with E-state index in [1.165, 1.54) is 32.4 Å². The van der Waals surface area contributed by atoms with Gasteiger partial charge in [-0.1, -0.05) is 0 Å². The highest BCUT2D eigenvalue weighted by molar-refractivity contribution is 6.11. The molecule has 0 aromatic heterocycles. The first-order valence-electron chi connectivity index (χ1n) is 6.09. The maximum Gasteiger partial charge on any atom is 0.196 e. The van der Waals surface area contributed by atoms with E-state index in [1.54, 1.807) is 25.1 Å². The van der Waals surface area contributed by atoms with Crippen molar-refractivity contribution in [2.45, 2.75) is 6.92 Å². The summed E-state index contributed by atoms with van der Waals surface area (Å²) in [6.07, 6.45) is 0. The van der Waals surface area contributed by atoms with Gasteiger partial charge in [-0.25, -0.2) is 4.39 Å². The van der Waals surface area contributed by atoms with Gasteiger partial charge in [0.1, 0.15) is 17.3 Å². The molecule has 20 heavy (non-hydrogen) atoms. The Kier molecular flexibility index (Phi) is 4.03. The number of carbonyl (C=O) groups is 1. The van der Waals surface area contributed by atoms with Crippen molar-refractivity contribution in [3.05, 3.63) is 58.9 Å². The van der Waals surface area contributed by atoms with Crippen molar-refractivity contribution in [2.24, 2.45) is 0 Å². The molecule has 0 saturated carbocycles. The number of carbonyl (C=O) groups excluding carboxylic acids is 1. The standard InChI is InChI=1S/C16H15FO3/c1-10-8-11(4-6-14(10)17)16(18)13-9-12(19-2)5-7-15(13)20-3/h4-9H,1-3H3. The van der Waals surface area contributed by atoms with Crippen LogP contribution in [0.4, 0.5) is 4.39 Å². The lowest BCUT2D eigenvalue weighted by Gasteiger charge is -2.10. The Bertz CT molecular complexity index is 650. The Labute approximate surface area is 117 Å². The van der Waals surface area contributed by atoms with Crippen LogP contribution in [0, 0.1) is 12.7 Å². The van der Waals surface area contributed by atoms with E-state index in [-0.39, 0.29) is 11.6 Å². The second-order valence-electron chi connectivity index (χ2n) is 4.36. The van der Waals surface area contributed by atoms with Crippen LogP contribution in [-0.4, -0.2) is 20.0 Å². The summed E-state index contributed by atoms with van der Waals surface area (Å²) in [5.74, 6) is 0.453. The number of hydrogen-bond donors (Lipinski definition) is 0. The number of methoxy groups -OCH3 is 2. The van der Waals surface area contributed by atoms with E-state index in [4.69, 9.17) is 9.47 Å². The third kappa shape index (κ3) is 2.64.